The van der Waals surface area contributed by atoms with Gasteiger partial charge in [-0.1, -0.05) is 25.8 Å². The number of sulfonamides is 1. The van der Waals surface area contributed by atoms with Crippen LogP contribution in [0.1, 0.15) is 50.7 Å². The van der Waals surface area contributed by atoms with Crippen LogP contribution in [0.2, 0.25) is 0 Å². The van der Waals surface area contributed by atoms with E-state index in [1.807, 2.05) is 19.9 Å². The van der Waals surface area contributed by atoms with Gasteiger partial charge in [0.1, 0.15) is 0 Å². The van der Waals surface area contributed by atoms with Crippen LogP contribution in [0, 0.1) is 0 Å². The number of hydrogen-bond donors (Lipinski definition) is 1. The zero-order valence-corrected chi connectivity index (χ0v) is 13.7. The number of hydrogen-bond acceptors (Lipinski definition) is 3. The summed E-state index contributed by atoms with van der Waals surface area (Å²) in [5.41, 5.74) is 1.71. The largest absolute Gasteiger partial charge is 0.392 e. The van der Waals surface area contributed by atoms with Crippen molar-refractivity contribution in [3.05, 3.63) is 29.3 Å². The van der Waals surface area contributed by atoms with Gasteiger partial charge in [0.05, 0.1) is 11.5 Å². The molecule has 1 aliphatic rings. The molecule has 0 bridgehead atoms. The van der Waals surface area contributed by atoms with Crippen LogP contribution in [0.15, 0.2) is 23.1 Å². The van der Waals surface area contributed by atoms with Gasteiger partial charge in [-0.2, -0.15) is 4.31 Å². The van der Waals surface area contributed by atoms with Crippen LogP contribution in [0.25, 0.3) is 0 Å². The lowest BCUT2D eigenvalue weighted by Gasteiger charge is -2.26. The summed E-state index contributed by atoms with van der Waals surface area (Å²) in [5, 5.41) is 9.44. The lowest BCUT2D eigenvalue weighted by molar-refractivity contribution is 0.280. The van der Waals surface area contributed by atoms with E-state index >= 15 is 0 Å². The number of rotatable bonds is 4. The Hall–Kier alpha value is -0.910. The summed E-state index contributed by atoms with van der Waals surface area (Å²) in [6, 6.07) is 5.17. The van der Waals surface area contributed by atoms with Gasteiger partial charge in [-0.25, -0.2) is 8.42 Å². The maximum Gasteiger partial charge on any atom is 0.243 e. The molecule has 1 atom stereocenters. The van der Waals surface area contributed by atoms with Gasteiger partial charge in [-0.05, 0) is 49.4 Å². The molecule has 0 spiro atoms. The number of nitrogens with zero attached hydrogens (tertiary/aromatic N) is 1. The summed E-state index contributed by atoms with van der Waals surface area (Å²) in [5.74, 6) is 0. The Labute approximate surface area is 127 Å². The molecule has 118 valence electrons. The quantitative estimate of drug-likeness (QED) is 0.930. The highest BCUT2D eigenvalue weighted by atomic mass is 32.2. The van der Waals surface area contributed by atoms with E-state index in [1.165, 1.54) is 0 Å². The van der Waals surface area contributed by atoms with Gasteiger partial charge < -0.3 is 5.11 Å². The van der Waals surface area contributed by atoms with Gasteiger partial charge in [-0.15, -0.1) is 0 Å². The lowest BCUT2D eigenvalue weighted by atomic mass is 10.1. The molecule has 1 saturated heterocycles. The van der Waals surface area contributed by atoms with Gasteiger partial charge in [0.25, 0.3) is 0 Å². The first kappa shape index (κ1) is 16.5. The van der Waals surface area contributed by atoms with E-state index in [4.69, 9.17) is 0 Å². The summed E-state index contributed by atoms with van der Waals surface area (Å²) in [6.07, 6.45) is 4.80. The molecular formula is C16H25NO3S. The fourth-order valence-corrected chi connectivity index (χ4v) is 4.75. The molecule has 4 nitrogen and oxygen atoms in total. The van der Waals surface area contributed by atoms with Gasteiger partial charge in [0.2, 0.25) is 10.0 Å². The molecule has 1 heterocycles. The van der Waals surface area contributed by atoms with E-state index < -0.39 is 10.0 Å². The van der Waals surface area contributed by atoms with Gasteiger partial charge in [0, 0.05) is 12.6 Å². The molecule has 0 saturated carbocycles. The highest BCUT2D eigenvalue weighted by molar-refractivity contribution is 7.89. The van der Waals surface area contributed by atoms with Crippen LogP contribution >= 0.6 is 0 Å². The maximum absolute atomic E-state index is 12.9. The maximum atomic E-state index is 12.9. The Morgan fingerprint density at radius 2 is 2.00 bits per heavy atom. The minimum absolute atomic E-state index is 0.0425. The van der Waals surface area contributed by atoms with Gasteiger partial charge >= 0.3 is 0 Å². The molecule has 0 aromatic heterocycles. The van der Waals surface area contributed by atoms with Crippen LogP contribution < -0.4 is 0 Å². The van der Waals surface area contributed by atoms with Crippen molar-refractivity contribution >= 4 is 10.0 Å². The second kappa shape index (κ2) is 6.90. The number of aryl methyl sites for hydroxylation is 1. The summed E-state index contributed by atoms with van der Waals surface area (Å²) >= 11 is 0. The Balaban J connectivity index is 2.38. The molecule has 1 aromatic rings. The van der Waals surface area contributed by atoms with E-state index in [9.17, 15) is 13.5 Å². The van der Waals surface area contributed by atoms with Crippen molar-refractivity contribution < 1.29 is 13.5 Å². The van der Waals surface area contributed by atoms with E-state index in [1.54, 1.807) is 16.4 Å². The minimum Gasteiger partial charge on any atom is -0.392 e. The van der Waals surface area contributed by atoms with E-state index in [-0.39, 0.29) is 12.6 Å². The first-order valence-electron chi connectivity index (χ1n) is 7.75. The molecule has 21 heavy (non-hydrogen) atoms. The van der Waals surface area contributed by atoms with Crippen LogP contribution in [-0.4, -0.2) is 30.4 Å². The van der Waals surface area contributed by atoms with Crippen molar-refractivity contribution in [1.29, 1.82) is 0 Å². The monoisotopic (exact) mass is 311 g/mol. The Morgan fingerprint density at radius 1 is 1.24 bits per heavy atom. The molecule has 1 fully saturated rings. The molecule has 1 aliphatic heterocycles. The molecule has 2 rings (SSSR count). The fraction of sp³-hybridized carbons (Fsp3) is 0.625. The highest BCUT2D eigenvalue weighted by Crippen LogP contribution is 2.26. The van der Waals surface area contributed by atoms with Crippen molar-refractivity contribution in [2.45, 2.75) is 63.5 Å². The van der Waals surface area contributed by atoms with Crippen LogP contribution in [0.3, 0.4) is 0 Å². The van der Waals surface area contributed by atoms with Crippen molar-refractivity contribution in [1.82, 2.24) is 4.31 Å². The number of aliphatic hydroxyl groups is 1. The zero-order chi connectivity index (χ0) is 15.5. The zero-order valence-electron chi connectivity index (χ0n) is 12.9. The van der Waals surface area contributed by atoms with Gasteiger partial charge in [0.15, 0.2) is 0 Å². The summed E-state index contributed by atoms with van der Waals surface area (Å²) in [6.45, 7) is 4.45. The molecule has 1 N–H and O–H groups in total. The van der Waals surface area contributed by atoms with Crippen LogP contribution in [0.4, 0.5) is 0 Å². The molecular weight excluding hydrogens is 286 g/mol. The second-order valence-corrected chi connectivity index (χ2v) is 7.65. The summed E-state index contributed by atoms with van der Waals surface area (Å²) in [4.78, 5) is 0.303. The molecule has 1 aromatic carbocycles. The summed E-state index contributed by atoms with van der Waals surface area (Å²) in [7, 11) is -3.47. The van der Waals surface area contributed by atoms with E-state index in [2.05, 4.69) is 0 Å². The Morgan fingerprint density at radius 3 is 2.67 bits per heavy atom. The van der Waals surface area contributed by atoms with E-state index in [0.717, 1.165) is 37.7 Å². The Kier molecular flexibility index (Phi) is 5.41. The number of benzene rings is 1. The SMILES string of the molecule is CCc1ccc(S(=O)(=O)N2CCCCCC2C)cc1CO. The third-order valence-corrected chi connectivity index (χ3v) is 6.34. The molecule has 1 unspecified atom stereocenters. The van der Waals surface area contributed by atoms with Gasteiger partial charge in [-0.3, -0.25) is 0 Å². The lowest BCUT2D eigenvalue weighted by Crippen LogP contribution is -2.38. The fourth-order valence-electron chi connectivity index (χ4n) is 3.00. The second-order valence-electron chi connectivity index (χ2n) is 5.76. The third kappa shape index (κ3) is 3.47. The van der Waals surface area contributed by atoms with Crippen molar-refractivity contribution in [3.8, 4) is 0 Å². The normalized spacial score (nSPS) is 21.2. The predicted molar refractivity (Wildman–Crippen MR) is 83.6 cm³/mol. The summed E-state index contributed by atoms with van der Waals surface area (Å²) < 4.78 is 27.4. The van der Waals surface area contributed by atoms with Crippen LogP contribution in [-0.2, 0) is 23.1 Å². The van der Waals surface area contributed by atoms with Crippen LogP contribution in [0.5, 0.6) is 0 Å². The highest BCUT2D eigenvalue weighted by Gasteiger charge is 2.30. The minimum atomic E-state index is -3.47. The van der Waals surface area contributed by atoms with Crippen molar-refractivity contribution in [2.24, 2.45) is 0 Å². The average Bonchev–Trinajstić information content (AvgIpc) is 2.71. The van der Waals surface area contributed by atoms with Crippen molar-refractivity contribution in [3.63, 3.8) is 0 Å². The van der Waals surface area contributed by atoms with E-state index in [0.29, 0.717) is 17.0 Å². The average molecular weight is 311 g/mol. The topological polar surface area (TPSA) is 57.6 Å². The molecule has 5 heteroatoms. The molecule has 0 aliphatic carbocycles. The molecule has 0 radical (unpaired) electrons. The Bertz CT molecular complexity index is 583. The molecule has 0 amide bonds. The standard InChI is InChI=1S/C16H25NO3S/c1-3-14-8-9-16(11-15(14)12-18)21(19,20)17-10-6-4-5-7-13(17)2/h8-9,11,13,18H,3-7,10,12H2,1-2H3. The smallest absolute Gasteiger partial charge is 0.243 e. The number of aliphatic hydroxyl groups excluding tert-OH is 1. The first-order valence-corrected chi connectivity index (χ1v) is 9.19. The van der Waals surface area contributed by atoms with Crippen molar-refractivity contribution in [2.75, 3.05) is 6.54 Å². The third-order valence-electron chi connectivity index (χ3n) is 4.33. The predicted octanol–water partition coefficient (Wildman–Crippen LogP) is 2.69. The first-order chi connectivity index (χ1) is 10.0.